The highest BCUT2D eigenvalue weighted by atomic mass is 32.2. The fourth-order valence-electron chi connectivity index (χ4n) is 2.76. The Balaban J connectivity index is 1.66. The van der Waals surface area contributed by atoms with Crippen LogP contribution in [0, 0.1) is 13.8 Å². The summed E-state index contributed by atoms with van der Waals surface area (Å²) in [6.07, 6.45) is 0. The largest absolute Gasteiger partial charge is 0.378 e. The average Bonchev–Trinajstić information content (AvgIpc) is 3.03. The first-order valence-electron chi connectivity index (χ1n) is 9.02. The van der Waals surface area contributed by atoms with Gasteiger partial charge in [-0.2, -0.15) is 0 Å². The van der Waals surface area contributed by atoms with Gasteiger partial charge in [-0.3, -0.25) is 4.79 Å². The number of hydrogen-bond donors (Lipinski definition) is 1. The minimum absolute atomic E-state index is 0.0626. The van der Waals surface area contributed by atoms with Crippen LogP contribution >= 0.6 is 11.8 Å². The number of aromatic nitrogens is 3. The normalized spacial score (nSPS) is 10.8. The zero-order chi connectivity index (χ0) is 20.3. The second kappa shape index (κ2) is 8.48. The molecule has 28 heavy (non-hydrogen) atoms. The van der Waals surface area contributed by atoms with Gasteiger partial charge in [0.05, 0.1) is 5.75 Å². The maximum atomic E-state index is 12.3. The molecule has 3 rings (SSSR count). The molecule has 1 heterocycles. The highest BCUT2D eigenvalue weighted by Crippen LogP contribution is 2.25. The second-order valence-electron chi connectivity index (χ2n) is 6.95. The van der Waals surface area contributed by atoms with Gasteiger partial charge in [-0.15, -0.1) is 10.2 Å². The predicted molar refractivity (Wildman–Crippen MR) is 116 cm³/mol. The Hall–Kier alpha value is -2.80. The van der Waals surface area contributed by atoms with E-state index in [1.165, 1.54) is 17.3 Å². The maximum Gasteiger partial charge on any atom is 0.234 e. The molecule has 0 spiro atoms. The molecule has 7 heteroatoms. The first kappa shape index (κ1) is 19.9. The van der Waals surface area contributed by atoms with Crippen molar-refractivity contribution in [2.75, 3.05) is 30.1 Å². The van der Waals surface area contributed by atoms with E-state index >= 15 is 0 Å². The number of anilines is 2. The van der Waals surface area contributed by atoms with Gasteiger partial charge in [0.1, 0.15) is 0 Å². The highest BCUT2D eigenvalue weighted by Gasteiger charge is 2.14. The molecule has 0 saturated heterocycles. The summed E-state index contributed by atoms with van der Waals surface area (Å²) in [4.78, 5) is 14.3. The van der Waals surface area contributed by atoms with Crippen LogP contribution in [0.25, 0.3) is 11.4 Å². The van der Waals surface area contributed by atoms with Crippen molar-refractivity contribution in [3.05, 3.63) is 53.6 Å². The molecule has 3 aromatic rings. The zero-order valence-electron chi connectivity index (χ0n) is 16.9. The molecule has 0 radical (unpaired) electrons. The molecule has 0 aliphatic carbocycles. The Labute approximate surface area is 170 Å². The number of benzene rings is 2. The van der Waals surface area contributed by atoms with E-state index in [4.69, 9.17) is 0 Å². The highest BCUT2D eigenvalue weighted by molar-refractivity contribution is 7.99. The zero-order valence-corrected chi connectivity index (χ0v) is 17.7. The lowest BCUT2D eigenvalue weighted by molar-refractivity contribution is -0.113. The molecular formula is C21H25N5OS. The number of carbonyl (C=O) groups excluding carboxylic acids is 1. The van der Waals surface area contributed by atoms with Gasteiger partial charge in [-0.25, -0.2) is 0 Å². The van der Waals surface area contributed by atoms with Crippen LogP contribution in [0.5, 0.6) is 0 Å². The van der Waals surface area contributed by atoms with Crippen LogP contribution < -0.4 is 10.2 Å². The molecule has 0 atom stereocenters. The molecule has 0 aliphatic heterocycles. The van der Waals surface area contributed by atoms with Crippen molar-refractivity contribution in [1.29, 1.82) is 0 Å². The van der Waals surface area contributed by atoms with Crippen LogP contribution in [0.4, 0.5) is 11.4 Å². The first-order chi connectivity index (χ1) is 13.3. The average molecular weight is 396 g/mol. The molecule has 1 amide bonds. The Kier molecular flexibility index (Phi) is 6.04. The SMILES string of the molecule is Cc1ccc(NC(=O)CSc2nnc(-c3cccc(N(C)C)c3)n2C)cc1C. The molecular weight excluding hydrogens is 370 g/mol. The van der Waals surface area contributed by atoms with E-state index in [1.54, 1.807) is 0 Å². The number of amides is 1. The molecule has 6 nitrogen and oxygen atoms in total. The molecule has 1 N–H and O–H groups in total. The molecule has 0 saturated carbocycles. The predicted octanol–water partition coefficient (Wildman–Crippen LogP) is 3.90. The van der Waals surface area contributed by atoms with Crippen LogP contribution in [0.3, 0.4) is 0 Å². The smallest absolute Gasteiger partial charge is 0.234 e. The molecule has 0 bridgehead atoms. The third kappa shape index (κ3) is 4.54. The summed E-state index contributed by atoms with van der Waals surface area (Å²) < 4.78 is 1.92. The number of carbonyl (C=O) groups is 1. The van der Waals surface area contributed by atoms with Gasteiger partial charge < -0.3 is 14.8 Å². The topological polar surface area (TPSA) is 63.1 Å². The summed E-state index contributed by atoms with van der Waals surface area (Å²) in [6, 6.07) is 14.0. The van der Waals surface area contributed by atoms with Gasteiger partial charge in [0.2, 0.25) is 5.91 Å². The van der Waals surface area contributed by atoms with Gasteiger partial charge in [-0.1, -0.05) is 30.0 Å². The molecule has 1 aromatic heterocycles. The lowest BCUT2D eigenvalue weighted by atomic mass is 10.1. The lowest BCUT2D eigenvalue weighted by Gasteiger charge is -2.13. The van der Waals surface area contributed by atoms with E-state index in [-0.39, 0.29) is 11.7 Å². The standard InChI is InChI=1S/C21H25N5OS/c1-14-9-10-17(11-15(14)2)22-19(27)13-28-21-24-23-20(26(21)5)16-7-6-8-18(12-16)25(3)4/h6-12H,13H2,1-5H3,(H,22,27). The van der Waals surface area contributed by atoms with E-state index < -0.39 is 0 Å². The summed E-state index contributed by atoms with van der Waals surface area (Å²) in [5, 5.41) is 12.2. The van der Waals surface area contributed by atoms with Crippen molar-refractivity contribution in [3.8, 4) is 11.4 Å². The van der Waals surface area contributed by atoms with Crippen molar-refractivity contribution in [3.63, 3.8) is 0 Å². The number of thioether (sulfide) groups is 1. The van der Waals surface area contributed by atoms with E-state index in [0.717, 1.165) is 28.3 Å². The summed E-state index contributed by atoms with van der Waals surface area (Å²) in [7, 11) is 5.93. The number of hydrogen-bond acceptors (Lipinski definition) is 5. The van der Waals surface area contributed by atoms with Crippen molar-refractivity contribution >= 4 is 29.0 Å². The van der Waals surface area contributed by atoms with E-state index in [1.807, 2.05) is 73.9 Å². The molecule has 0 aliphatic rings. The Morgan fingerprint density at radius 1 is 1.11 bits per heavy atom. The summed E-state index contributed by atoms with van der Waals surface area (Å²) in [6.45, 7) is 4.09. The third-order valence-electron chi connectivity index (χ3n) is 4.58. The summed E-state index contributed by atoms with van der Waals surface area (Å²) in [5.41, 5.74) is 5.27. The minimum atomic E-state index is -0.0626. The maximum absolute atomic E-state index is 12.3. The number of nitrogens with one attached hydrogen (secondary N) is 1. The van der Waals surface area contributed by atoms with E-state index in [0.29, 0.717) is 5.16 Å². The monoisotopic (exact) mass is 395 g/mol. The fourth-order valence-corrected chi connectivity index (χ4v) is 3.47. The van der Waals surface area contributed by atoms with Crippen LogP contribution in [0.2, 0.25) is 0 Å². The second-order valence-corrected chi connectivity index (χ2v) is 7.89. The third-order valence-corrected chi connectivity index (χ3v) is 5.60. The lowest BCUT2D eigenvalue weighted by Crippen LogP contribution is -2.14. The van der Waals surface area contributed by atoms with Crippen LogP contribution in [0.15, 0.2) is 47.6 Å². The van der Waals surface area contributed by atoms with E-state index in [2.05, 4.69) is 28.5 Å². The molecule has 0 fully saturated rings. The van der Waals surface area contributed by atoms with Crippen LogP contribution in [0.1, 0.15) is 11.1 Å². The van der Waals surface area contributed by atoms with Gasteiger partial charge in [-0.05, 0) is 49.2 Å². The molecule has 2 aromatic carbocycles. The van der Waals surface area contributed by atoms with E-state index in [9.17, 15) is 4.79 Å². The Morgan fingerprint density at radius 3 is 2.61 bits per heavy atom. The summed E-state index contributed by atoms with van der Waals surface area (Å²) >= 11 is 1.37. The quantitative estimate of drug-likeness (QED) is 0.642. The van der Waals surface area contributed by atoms with Crippen molar-refractivity contribution in [1.82, 2.24) is 14.8 Å². The number of nitrogens with zero attached hydrogens (tertiary/aromatic N) is 4. The molecule has 146 valence electrons. The Morgan fingerprint density at radius 2 is 1.89 bits per heavy atom. The summed E-state index contributed by atoms with van der Waals surface area (Å²) in [5.74, 6) is 0.990. The fraction of sp³-hybridized carbons (Fsp3) is 0.286. The molecule has 0 unspecified atom stereocenters. The van der Waals surface area contributed by atoms with Crippen LogP contribution in [-0.4, -0.2) is 40.5 Å². The van der Waals surface area contributed by atoms with Crippen LogP contribution in [-0.2, 0) is 11.8 Å². The minimum Gasteiger partial charge on any atom is -0.378 e. The number of aryl methyl sites for hydroxylation is 2. The van der Waals surface area contributed by atoms with Gasteiger partial charge in [0, 0.05) is 38.1 Å². The van der Waals surface area contributed by atoms with Crippen molar-refractivity contribution in [2.24, 2.45) is 7.05 Å². The van der Waals surface area contributed by atoms with Gasteiger partial charge >= 0.3 is 0 Å². The Bertz CT molecular complexity index is 996. The van der Waals surface area contributed by atoms with Gasteiger partial charge in [0.25, 0.3) is 0 Å². The van der Waals surface area contributed by atoms with Crippen molar-refractivity contribution in [2.45, 2.75) is 19.0 Å². The van der Waals surface area contributed by atoms with Crippen molar-refractivity contribution < 1.29 is 4.79 Å². The first-order valence-corrected chi connectivity index (χ1v) is 10.0. The van der Waals surface area contributed by atoms with Gasteiger partial charge in [0.15, 0.2) is 11.0 Å². The number of rotatable bonds is 6.